The van der Waals surface area contributed by atoms with Gasteiger partial charge in [0.15, 0.2) is 11.6 Å². The standard InChI is InChI=1S/C42H52N2O2/c1-39(2,3)43-25-23-41(7,8)35(27-43)37(45)21-19-33-29-15-11-13-17-31(29)34(32-18-14-12-16-30(32)33)20-22-38(46)36-28-44(40(4,5)6)26-24-42(36,9)10/h11-22,27-28H,23-26H2,1-10H3/b21-19+,22-20+. The minimum absolute atomic E-state index is 0.0435. The summed E-state index contributed by atoms with van der Waals surface area (Å²) < 4.78 is 0. The largest absolute Gasteiger partial charge is 0.372 e. The first kappa shape index (κ1) is 33.4. The molecule has 46 heavy (non-hydrogen) atoms. The van der Waals surface area contributed by atoms with Crippen LogP contribution in [0.1, 0.15) is 93.2 Å². The summed E-state index contributed by atoms with van der Waals surface area (Å²) in [6, 6.07) is 16.6. The van der Waals surface area contributed by atoms with Gasteiger partial charge in [0.25, 0.3) is 0 Å². The fourth-order valence-electron chi connectivity index (χ4n) is 6.76. The lowest BCUT2D eigenvalue weighted by atomic mass is 9.76. The van der Waals surface area contributed by atoms with E-state index in [1.807, 2.05) is 36.4 Å². The minimum atomic E-state index is -0.194. The van der Waals surface area contributed by atoms with E-state index in [1.165, 1.54) is 0 Å². The van der Waals surface area contributed by atoms with Crippen LogP contribution in [0.4, 0.5) is 0 Å². The Labute approximate surface area is 276 Å². The predicted octanol–water partition coefficient (Wildman–Crippen LogP) is 9.99. The Hall–Kier alpha value is -3.92. The van der Waals surface area contributed by atoms with Crippen molar-refractivity contribution in [2.75, 3.05) is 13.1 Å². The molecule has 5 rings (SSSR count). The third kappa shape index (κ3) is 6.63. The van der Waals surface area contributed by atoms with Gasteiger partial charge in [0.1, 0.15) is 0 Å². The summed E-state index contributed by atoms with van der Waals surface area (Å²) in [5, 5.41) is 4.23. The molecule has 242 valence electrons. The van der Waals surface area contributed by atoms with E-state index in [2.05, 4.69) is 116 Å². The molecular weight excluding hydrogens is 564 g/mol. The average molecular weight is 617 g/mol. The molecule has 2 aliphatic heterocycles. The second-order valence-corrected chi connectivity index (χ2v) is 16.4. The smallest absolute Gasteiger partial charge is 0.183 e. The van der Waals surface area contributed by atoms with Gasteiger partial charge in [-0.3, -0.25) is 9.59 Å². The second-order valence-electron chi connectivity index (χ2n) is 16.4. The molecule has 0 aliphatic carbocycles. The van der Waals surface area contributed by atoms with E-state index in [4.69, 9.17) is 0 Å². The molecule has 0 radical (unpaired) electrons. The van der Waals surface area contributed by atoms with Gasteiger partial charge in [-0.15, -0.1) is 0 Å². The zero-order chi connectivity index (χ0) is 33.7. The topological polar surface area (TPSA) is 40.6 Å². The first-order chi connectivity index (χ1) is 21.4. The average Bonchev–Trinajstić information content (AvgIpc) is 2.96. The highest BCUT2D eigenvalue weighted by atomic mass is 16.1. The van der Waals surface area contributed by atoms with Gasteiger partial charge in [-0.25, -0.2) is 0 Å². The summed E-state index contributed by atoms with van der Waals surface area (Å²) in [5.74, 6) is 0.101. The van der Waals surface area contributed by atoms with Crippen LogP contribution in [0.3, 0.4) is 0 Å². The Bertz CT molecular complexity index is 1610. The monoisotopic (exact) mass is 616 g/mol. The number of rotatable bonds is 6. The summed E-state index contributed by atoms with van der Waals surface area (Å²) in [6.45, 7) is 23.7. The van der Waals surface area contributed by atoms with Gasteiger partial charge in [0.2, 0.25) is 0 Å². The SMILES string of the molecule is CC1(C)CCN(C(C)(C)C)C=C1C(=O)/C=C/c1c2ccccc2c(/C=C/C(=O)C2=CN(C(C)(C)C)CCC2(C)C)c2ccccc12. The van der Waals surface area contributed by atoms with Crippen molar-refractivity contribution in [1.82, 2.24) is 9.80 Å². The summed E-state index contributed by atoms with van der Waals surface area (Å²) in [7, 11) is 0. The molecule has 0 saturated heterocycles. The molecule has 0 amide bonds. The van der Waals surface area contributed by atoms with Crippen LogP contribution in [0.15, 0.2) is 84.2 Å². The normalized spacial score (nSPS) is 18.8. The fourth-order valence-corrected chi connectivity index (χ4v) is 6.76. The highest BCUT2D eigenvalue weighted by Gasteiger charge is 2.36. The number of carbonyl (C=O) groups is 2. The molecule has 0 N–H and O–H groups in total. The lowest BCUT2D eigenvalue weighted by Crippen LogP contribution is -2.44. The summed E-state index contributed by atoms with van der Waals surface area (Å²) in [5.41, 5.74) is 3.25. The van der Waals surface area contributed by atoms with Gasteiger partial charge in [-0.2, -0.15) is 0 Å². The van der Waals surface area contributed by atoms with E-state index in [0.717, 1.165) is 69.7 Å². The Morgan fingerprint density at radius 3 is 1.17 bits per heavy atom. The van der Waals surface area contributed by atoms with Gasteiger partial charge in [-0.05, 0) is 122 Å². The number of nitrogens with zero attached hydrogens (tertiary/aromatic N) is 2. The number of hydrogen-bond donors (Lipinski definition) is 0. The van der Waals surface area contributed by atoms with Crippen LogP contribution in [-0.4, -0.2) is 45.5 Å². The van der Waals surface area contributed by atoms with E-state index in [-0.39, 0.29) is 33.5 Å². The fraction of sp³-hybridized carbons (Fsp3) is 0.429. The van der Waals surface area contributed by atoms with Gasteiger partial charge < -0.3 is 9.80 Å². The highest BCUT2D eigenvalue weighted by molar-refractivity contribution is 6.17. The summed E-state index contributed by atoms with van der Waals surface area (Å²) >= 11 is 0. The van der Waals surface area contributed by atoms with Crippen LogP contribution in [0.5, 0.6) is 0 Å². The number of carbonyl (C=O) groups excluding carboxylic acids is 2. The first-order valence-corrected chi connectivity index (χ1v) is 16.8. The molecule has 0 aromatic heterocycles. The Morgan fingerprint density at radius 1 is 0.587 bits per heavy atom. The van der Waals surface area contributed by atoms with Crippen LogP contribution >= 0.6 is 0 Å². The summed E-state index contributed by atoms with van der Waals surface area (Å²) in [4.78, 5) is 32.2. The Morgan fingerprint density at radius 2 is 0.891 bits per heavy atom. The molecule has 2 heterocycles. The van der Waals surface area contributed by atoms with Crippen LogP contribution in [0.25, 0.3) is 33.7 Å². The maximum absolute atomic E-state index is 13.8. The molecule has 0 fully saturated rings. The van der Waals surface area contributed by atoms with Crippen molar-refractivity contribution in [3.63, 3.8) is 0 Å². The van der Waals surface area contributed by atoms with Gasteiger partial charge in [0, 0.05) is 47.7 Å². The van der Waals surface area contributed by atoms with Crippen molar-refractivity contribution in [3.8, 4) is 0 Å². The first-order valence-electron chi connectivity index (χ1n) is 16.8. The van der Waals surface area contributed by atoms with Crippen molar-refractivity contribution in [3.05, 3.63) is 95.4 Å². The molecule has 0 saturated carbocycles. The van der Waals surface area contributed by atoms with Crippen molar-refractivity contribution < 1.29 is 9.59 Å². The van der Waals surface area contributed by atoms with Crippen LogP contribution < -0.4 is 0 Å². The van der Waals surface area contributed by atoms with Gasteiger partial charge in [-0.1, -0.05) is 76.2 Å². The zero-order valence-corrected chi connectivity index (χ0v) is 29.6. The van der Waals surface area contributed by atoms with Gasteiger partial charge >= 0.3 is 0 Å². The molecule has 3 aromatic carbocycles. The molecule has 0 bridgehead atoms. The van der Waals surface area contributed by atoms with Crippen molar-refractivity contribution in [2.24, 2.45) is 10.8 Å². The van der Waals surface area contributed by atoms with Crippen molar-refractivity contribution in [1.29, 1.82) is 0 Å². The van der Waals surface area contributed by atoms with E-state index in [1.54, 1.807) is 12.2 Å². The maximum Gasteiger partial charge on any atom is 0.183 e. The number of ketones is 2. The van der Waals surface area contributed by atoms with E-state index in [0.29, 0.717) is 0 Å². The van der Waals surface area contributed by atoms with Crippen LogP contribution in [0.2, 0.25) is 0 Å². The Balaban J connectivity index is 1.58. The highest BCUT2D eigenvalue weighted by Crippen LogP contribution is 2.40. The number of hydrogen-bond acceptors (Lipinski definition) is 4. The molecule has 0 atom stereocenters. The number of fused-ring (bicyclic) bond motifs is 2. The lowest BCUT2D eigenvalue weighted by Gasteiger charge is -2.43. The third-order valence-corrected chi connectivity index (χ3v) is 10.1. The van der Waals surface area contributed by atoms with E-state index < -0.39 is 0 Å². The molecule has 0 spiro atoms. The minimum Gasteiger partial charge on any atom is -0.372 e. The quantitative estimate of drug-likeness (QED) is 0.204. The Kier molecular flexibility index (Phi) is 8.74. The molecule has 4 nitrogen and oxygen atoms in total. The third-order valence-electron chi connectivity index (χ3n) is 10.1. The number of benzene rings is 3. The van der Waals surface area contributed by atoms with Crippen molar-refractivity contribution in [2.45, 2.75) is 93.2 Å². The molecule has 4 heteroatoms. The van der Waals surface area contributed by atoms with Gasteiger partial charge in [0.05, 0.1) is 0 Å². The molecule has 0 unspecified atom stereocenters. The van der Waals surface area contributed by atoms with Crippen LogP contribution in [-0.2, 0) is 9.59 Å². The predicted molar refractivity (Wildman–Crippen MR) is 195 cm³/mol. The second kappa shape index (κ2) is 12.0. The summed E-state index contributed by atoms with van der Waals surface area (Å²) in [6.07, 6.45) is 13.5. The lowest BCUT2D eigenvalue weighted by molar-refractivity contribution is -0.113. The van der Waals surface area contributed by atoms with E-state index in [9.17, 15) is 9.59 Å². The molecule has 3 aromatic rings. The van der Waals surface area contributed by atoms with Crippen molar-refractivity contribution >= 4 is 45.3 Å². The number of allylic oxidation sites excluding steroid dienone is 4. The molecule has 2 aliphatic rings. The van der Waals surface area contributed by atoms with E-state index >= 15 is 0 Å². The molecular formula is C42H52N2O2. The zero-order valence-electron chi connectivity index (χ0n) is 29.6. The maximum atomic E-state index is 13.8. The van der Waals surface area contributed by atoms with Crippen LogP contribution in [0, 0.1) is 10.8 Å².